The van der Waals surface area contributed by atoms with Crippen molar-refractivity contribution in [2.45, 2.75) is 25.1 Å². The lowest BCUT2D eigenvalue weighted by Crippen LogP contribution is -2.49. The summed E-state index contributed by atoms with van der Waals surface area (Å²) in [6, 6.07) is 0.727. The first-order valence-electron chi connectivity index (χ1n) is 7.15. The first-order valence-corrected chi connectivity index (χ1v) is 7.15. The van der Waals surface area contributed by atoms with Crippen molar-refractivity contribution < 1.29 is 18.0 Å². The van der Waals surface area contributed by atoms with Crippen molar-refractivity contribution in [1.82, 2.24) is 20.2 Å². The van der Waals surface area contributed by atoms with E-state index in [1.54, 1.807) is 9.80 Å². The highest BCUT2D eigenvalue weighted by Crippen LogP contribution is 2.29. The molecule has 6 nitrogen and oxygen atoms in total. The van der Waals surface area contributed by atoms with E-state index in [9.17, 15) is 18.0 Å². The molecular formula is C13H16F3N5O. The normalized spacial score (nSPS) is 22.9. The Labute approximate surface area is 125 Å². The Bertz CT molecular complexity index is 565. The summed E-state index contributed by atoms with van der Waals surface area (Å²) in [7, 11) is 0. The highest BCUT2D eigenvalue weighted by Gasteiger charge is 2.35. The number of piperidine rings is 1. The molecule has 1 aromatic heterocycles. The second-order valence-corrected chi connectivity index (χ2v) is 5.41. The molecule has 2 aliphatic rings. The predicted octanol–water partition coefficient (Wildman–Crippen LogP) is 1.49. The second kappa shape index (κ2) is 5.62. The third kappa shape index (κ3) is 2.93. The summed E-state index contributed by atoms with van der Waals surface area (Å²) in [6.45, 7) is 2.28. The van der Waals surface area contributed by atoms with Crippen LogP contribution in [0.5, 0.6) is 0 Å². The van der Waals surface area contributed by atoms with Gasteiger partial charge in [-0.2, -0.15) is 13.2 Å². The van der Waals surface area contributed by atoms with Crippen molar-refractivity contribution in [1.29, 1.82) is 0 Å². The molecule has 22 heavy (non-hydrogen) atoms. The highest BCUT2D eigenvalue weighted by atomic mass is 19.4. The molecule has 0 saturated carbocycles. The minimum Gasteiger partial charge on any atom is -0.339 e. The van der Waals surface area contributed by atoms with Crippen molar-refractivity contribution in [3.8, 4) is 0 Å². The molecule has 3 heterocycles. The van der Waals surface area contributed by atoms with Gasteiger partial charge in [-0.25, -0.2) is 14.8 Å². The number of rotatable bonds is 2. The van der Waals surface area contributed by atoms with Gasteiger partial charge in [0.25, 0.3) is 0 Å². The van der Waals surface area contributed by atoms with Gasteiger partial charge < -0.3 is 15.1 Å². The van der Waals surface area contributed by atoms with Crippen LogP contribution in [0.3, 0.4) is 0 Å². The Kier molecular flexibility index (Phi) is 3.79. The lowest BCUT2D eigenvalue weighted by atomic mass is 10.0. The molecule has 2 amide bonds. The van der Waals surface area contributed by atoms with E-state index in [2.05, 4.69) is 15.3 Å². The van der Waals surface area contributed by atoms with Crippen LogP contribution >= 0.6 is 0 Å². The average molecular weight is 315 g/mol. The maximum atomic E-state index is 12.7. The molecule has 2 saturated heterocycles. The fourth-order valence-electron chi connectivity index (χ4n) is 2.88. The van der Waals surface area contributed by atoms with Crippen molar-refractivity contribution in [3.63, 3.8) is 0 Å². The molecule has 0 aromatic carbocycles. The quantitative estimate of drug-likeness (QED) is 0.898. The number of carbonyl (C=O) groups excluding carboxylic acids is 1. The number of carbonyl (C=O) groups is 1. The van der Waals surface area contributed by atoms with Gasteiger partial charge in [0.15, 0.2) is 0 Å². The van der Waals surface area contributed by atoms with E-state index in [0.29, 0.717) is 26.2 Å². The second-order valence-electron chi connectivity index (χ2n) is 5.41. The number of hydrogen-bond acceptors (Lipinski definition) is 4. The van der Waals surface area contributed by atoms with E-state index >= 15 is 0 Å². The van der Waals surface area contributed by atoms with Crippen LogP contribution < -0.4 is 10.2 Å². The fraction of sp³-hybridized carbons (Fsp3) is 0.615. The molecule has 1 atom stereocenters. The van der Waals surface area contributed by atoms with Crippen LogP contribution in [0.4, 0.5) is 23.9 Å². The van der Waals surface area contributed by atoms with E-state index in [-0.39, 0.29) is 18.0 Å². The van der Waals surface area contributed by atoms with E-state index in [1.165, 1.54) is 0 Å². The summed E-state index contributed by atoms with van der Waals surface area (Å²) < 4.78 is 38.2. The standard InChI is InChI=1S/C13H16F3N5O/c14-13(15,16)10-3-4-17-11(19-10)20-6-1-2-9(8-20)21-7-5-18-12(21)22/h3-4,9H,1-2,5-8H2,(H,18,22)/t9-/m0/s1. The number of alkyl halides is 3. The number of aromatic nitrogens is 2. The number of nitrogens with zero attached hydrogens (tertiary/aromatic N) is 4. The first kappa shape index (κ1) is 14.9. The number of halogens is 3. The Hall–Kier alpha value is -2.06. The van der Waals surface area contributed by atoms with Crippen LogP contribution in [0.25, 0.3) is 0 Å². The number of hydrogen-bond donors (Lipinski definition) is 1. The van der Waals surface area contributed by atoms with Crippen molar-refractivity contribution in [3.05, 3.63) is 18.0 Å². The minimum absolute atomic E-state index is 0.0191. The van der Waals surface area contributed by atoms with Gasteiger partial charge >= 0.3 is 12.2 Å². The summed E-state index contributed by atoms with van der Waals surface area (Å²) in [5, 5.41) is 2.74. The smallest absolute Gasteiger partial charge is 0.339 e. The summed E-state index contributed by atoms with van der Waals surface area (Å²) in [5.41, 5.74) is -0.946. The molecule has 0 radical (unpaired) electrons. The Balaban J connectivity index is 1.76. The van der Waals surface area contributed by atoms with E-state index < -0.39 is 11.9 Å². The molecule has 120 valence electrons. The first-order chi connectivity index (χ1) is 10.4. The minimum atomic E-state index is -4.48. The number of anilines is 1. The van der Waals surface area contributed by atoms with Gasteiger partial charge in [0.2, 0.25) is 5.95 Å². The third-order valence-corrected chi connectivity index (χ3v) is 3.94. The van der Waals surface area contributed by atoms with Gasteiger partial charge in [0.05, 0.1) is 6.04 Å². The van der Waals surface area contributed by atoms with Crippen LogP contribution in [0.1, 0.15) is 18.5 Å². The fourth-order valence-corrected chi connectivity index (χ4v) is 2.88. The van der Waals surface area contributed by atoms with Crippen LogP contribution in [0.15, 0.2) is 12.3 Å². The van der Waals surface area contributed by atoms with Crippen molar-refractivity contribution in [2.75, 3.05) is 31.1 Å². The summed E-state index contributed by atoms with van der Waals surface area (Å²) in [4.78, 5) is 22.7. The summed E-state index contributed by atoms with van der Waals surface area (Å²) in [6.07, 6.45) is -1.74. The van der Waals surface area contributed by atoms with Crippen LogP contribution in [-0.4, -0.2) is 53.1 Å². The largest absolute Gasteiger partial charge is 0.433 e. The maximum Gasteiger partial charge on any atom is 0.433 e. The van der Waals surface area contributed by atoms with Gasteiger partial charge in [-0.15, -0.1) is 0 Å². The SMILES string of the molecule is O=C1NCCN1[C@H]1CCCN(c2nccc(C(F)(F)F)n2)C1. The summed E-state index contributed by atoms with van der Waals surface area (Å²) in [5.74, 6) is 0.0686. The van der Waals surface area contributed by atoms with Gasteiger partial charge in [0.1, 0.15) is 5.69 Å². The Morgan fingerprint density at radius 3 is 2.82 bits per heavy atom. The lowest BCUT2D eigenvalue weighted by molar-refractivity contribution is -0.141. The predicted molar refractivity (Wildman–Crippen MR) is 72.4 cm³/mol. The molecule has 3 rings (SSSR count). The molecule has 0 bridgehead atoms. The number of amides is 2. The van der Waals surface area contributed by atoms with Crippen molar-refractivity contribution in [2.24, 2.45) is 0 Å². The average Bonchev–Trinajstić information content (AvgIpc) is 2.93. The molecule has 1 aromatic rings. The van der Waals surface area contributed by atoms with Gasteiger partial charge in [-0.1, -0.05) is 0 Å². The lowest BCUT2D eigenvalue weighted by Gasteiger charge is -2.37. The maximum absolute atomic E-state index is 12.7. The molecule has 2 fully saturated rings. The van der Waals surface area contributed by atoms with E-state index in [0.717, 1.165) is 25.1 Å². The van der Waals surface area contributed by atoms with Crippen LogP contribution in [-0.2, 0) is 6.18 Å². The monoisotopic (exact) mass is 315 g/mol. The number of urea groups is 1. The van der Waals surface area contributed by atoms with Gasteiger partial charge in [-0.05, 0) is 18.9 Å². The zero-order valence-corrected chi connectivity index (χ0v) is 11.8. The highest BCUT2D eigenvalue weighted by molar-refractivity contribution is 5.76. The van der Waals surface area contributed by atoms with Gasteiger partial charge in [-0.3, -0.25) is 0 Å². The molecule has 0 aliphatic carbocycles. The molecule has 1 N–H and O–H groups in total. The van der Waals surface area contributed by atoms with Crippen LogP contribution in [0.2, 0.25) is 0 Å². The van der Waals surface area contributed by atoms with Crippen molar-refractivity contribution >= 4 is 12.0 Å². The Morgan fingerprint density at radius 1 is 1.32 bits per heavy atom. The molecule has 0 unspecified atom stereocenters. The van der Waals surface area contributed by atoms with E-state index in [4.69, 9.17) is 0 Å². The topological polar surface area (TPSA) is 61.4 Å². The zero-order valence-electron chi connectivity index (χ0n) is 11.8. The van der Waals surface area contributed by atoms with Gasteiger partial charge in [0, 0.05) is 32.4 Å². The number of nitrogens with one attached hydrogen (secondary N) is 1. The molecular weight excluding hydrogens is 299 g/mol. The molecule has 0 spiro atoms. The zero-order chi connectivity index (χ0) is 15.7. The molecule has 2 aliphatic heterocycles. The third-order valence-electron chi connectivity index (χ3n) is 3.94. The summed E-state index contributed by atoms with van der Waals surface area (Å²) >= 11 is 0. The Morgan fingerprint density at radius 2 is 2.14 bits per heavy atom. The molecule has 9 heteroatoms. The van der Waals surface area contributed by atoms with E-state index in [1.807, 2.05) is 0 Å². The van der Waals surface area contributed by atoms with Crippen LogP contribution in [0, 0.1) is 0 Å².